The first-order chi connectivity index (χ1) is 14.3. The molecule has 29 heavy (non-hydrogen) atoms. The van der Waals surface area contributed by atoms with E-state index in [9.17, 15) is 4.79 Å². The summed E-state index contributed by atoms with van der Waals surface area (Å²) in [5.74, 6) is 1.37. The average molecular weight is 407 g/mol. The van der Waals surface area contributed by atoms with Gasteiger partial charge < -0.3 is 14.3 Å². The maximum absolute atomic E-state index is 13.1. The first-order valence-electron chi connectivity index (χ1n) is 9.10. The molecule has 1 atom stereocenters. The molecule has 0 radical (unpaired) electrons. The van der Waals surface area contributed by atoms with Gasteiger partial charge in [-0.2, -0.15) is 4.98 Å². The van der Waals surface area contributed by atoms with Crippen molar-refractivity contribution in [2.45, 2.75) is 17.6 Å². The van der Waals surface area contributed by atoms with Crippen molar-refractivity contribution >= 4 is 17.7 Å². The van der Waals surface area contributed by atoms with Crippen LogP contribution >= 0.6 is 11.8 Å². The van der Waals surface area contributed by atoms with Gasteiger partial charge in [0, 0.05) is 31.1 Å². The third-order valence-electron chi connectivity index (χ3n) is 4.79. The highest BCUT2D eigenvalue weighted by Gasteiger charge is 2.34. The minimum Gasteiger partial charge on any atom is -0.461 e. The third kappa shape index (κ3) is 3.42. The van der Waals surface area contributed by atoms with E-state index in [1.165, 1.54) is 11.8 Å². The first kappa shape index (κ1) is 17.7. The third-order valence-corrected chi connectivity index (χ3v) is 5.62. The Bertz CT molecular complexity index is 1110. The zero-order valence-corrected chi connectivity index (χ0v) is 16.1. The van der Waals surface area contributed by atoms with Crippen LogP contribution in [-0.2, 0) is 11.2 Å². The summed E-state index contributed by atoms with van der Waals surface area (Å²) in [4.78, 5) is 31.2. The van der Waals surface area contributed by atoms with Crippen LogP contribution in [0.1, 0.15) is 23.0 Å². The van der Waals surface area contributed by atoms with Crippen LogP contribution in [0.3, 0.4) is 0 Å². The smallest absolute Gasteiger partial charge is 0.233 e. The number of rotatable bonds is 5. The normalized spacial score (nSPS) is 16.0. The fraction of sp³-hybridized carbons (Fsp3) is 0.211. The van der Waals surface area contributed by atoms with Crippen molar-refractivity contribution in [3.8, 4) is 11.6 Å². The number of pyridine rings is 1. The quantitative estimate of drug-likeness (QED) is 0.488. The summed E-state index contributed by atoms with van der Waals surface area (Å²) >= 11 is 1.29. The largest absolute Gasteiger partial charge is 0.461 e. The number of fused-ring (bicyclic) bond motifs is 1. The molecule has 0 saturated carbocycles. The number of nitrogens with one attached hydrogen (secondary N) is 2. The van der Waals surface area contributed by atoms with Crippen molar-refractivity contribution in [1.82, 2.24) is 35.0 Å². The molecule has 4 aromatic rings. The van der Waals surface area contributed by atoms with Gasteiger partial charge in [-0.05, 0) is 23.8 Å². The monoisotopic (exact) mass is 407 g/mol. The van der Waals surface area contributed by atoms with Gasteiger partial charge in [0.25, 0.3) is 0 Å². The van der Waals surface area contributed by atoms with E-state index in [1.54, 1.807) is 37.1 Å². The molecular formula is C19H17N7O2S. The highest BCUT2D eigenvalue weighted by atomic mass is 32.2. The Morgan fingerprint density at radius 2 is 2.31 bits per heavy atom. The molecule has 0 bridgehead atoms. The van der Waals surface area contributed by atoms with Crippen LogP contribution in [0, 0.1) is 0 Å². The molecule has 1 aliphatic rings. The van der Waals surface area contributed by atoms with Gasteiger partial charge in [0.05, 0.1) is 24.0 Å². The fourth-order valence-electron chi connectivity index (χ4n) is 3.46. The van der Waals surface area contributed by atoms with E-state index in [0.29, 0.717) is 23.3 Å². The molecule has 2 N–H and O–H groups in total. The summed E-state index contributed by atoms with van der Waals surface area (Å²) in [7, 11) is 0. The predicted octanol–water partition coefficient (Wildman–Crippen LogP) is 2.45. The zero-order chi connectivity index (χ0) is 19.6. The van der Waals surface area contributed by atoms with E-state index in [4.69, 9.17) is 4.42 Å². The Morgan fingerprint density at radius 3 is 3.14 bits per heavy atom. The zero-order valence-electron chi connectivity index (χ0n) is 15.3. The van der Waals surface area contributed by atoms with E-state index in [2.05, 4.69) is 30.1 Å². The Morgan fingerprint density at radius 1 is 1.34 bits per heavy atom. The number of nitrogens with zero attached hydrogens (tertiary/aromatic N) is 5. The molecule has 146 valence electrons. The van der Waals surface area contributed by atoms with E-state index in [0.717, 1.165) is 23.4 Å². The molecule has 0 aromatic carbocycles. The van der Waals surface area contributed by atoms with Gasteiger partial charge in [0.1, 0.15) is 6.04 Å². The van der Waals surface area contributed by atoms with Gasteiger partial charge in [-0.3, -0.25) is 14.9 Å². The maximum atomic E-state index is 13.1. The van der Waals surface area contributed by atoms with E-state index < -0.39 is 0 Å². The average Bonchev–Trinajstić information content (AvgIpc) is 3.52. The van der Waals surface area contributed by atoms with E-state index in [1.807, 2.05) is 17.0 Å². The molecule has 0 aliphatic carbocycles. The number of carbonyl (C=O) groups is 1. The molecule has 1 aliphatic heterocycles. The molecule has 0 spiro atoms. The van der Waals surface area contributed by atoms with Gasteiger partial charge in [0.2, 0.25) is 11.1 Å². The summed E-state index contributed by atoms with van der Waals surface area (Å²) in [6, 6.07) is 7.18. The van der Waals surface area contributed by atoms with E-state index in [-0.39, 0.29) is 17.7 Å². The maximum Gasteiger partial charge on any atom is 0.233 e. The Hall–Kier alpha value is -3.40. The van der Waals surface area contributed by atoms with Crippen molar-refractivity contribution in [3.05, 3.63) is 66.2 Å². The van der Waals surface area contributed by atoms with Crippen molar-refractivity contribution in [1.29, 1.82) is 0 Å². The molecule has 0 fully saturated rings. The summed E-state index contributed by atoms with van der Waals surface area (Å²) < 4.78 is 5.31. The molecule has 5 heterocycles. The minimum absolute atomic E-state index is 0.00171. The summed E-state index contributed by atoms with van der Waals surface area (Å²) in [5, 5.41) is 7.50. The van der Waals surface area contributed by atoms with Gasteiger partial charge in [-0.1, -0.05) is 17.8 Å². The van der Waals surface area contributed by atoms with Crippen molar-refractivity contribution in [3.63, 3.8) is 0 Å². The molecule has 4 aromatic heterocycles. The molecule has 1 amide bonds. The topological polar surface area (TPSA) is 117 Å². The van der Waals surface area contributed by atoms with Gasteiger partial charge in [-0.15, -0.1) is 5.10 Å². The SMILES string of the molecule is O=C(CSc1n[nH]c(-c2ccco2)n1)N1CCc2[nH]cnc2C1c1cccnc1. The number of hydrogen-bond acceptors (Lipinski definition) is 7. The lowest BCUT2D eigenvalue weighted by molar-refractivity contribution is -0.130. The number of carbonyl (C=O) groups excluding carboxylic acids is 1. The van der Waals surface area contributed by atoms with Crippen LogP contribution in [0.5, 0.6) is 0 Å². The van der Waals surface area contributed by atoms with Crippen molar-refractivity contribution in [2.24, 2.45) is 0 Å². The number of amides is 1. The number of furan rings is 1. The van der Waals surface area contributed by atoms with Crippen molar-refractivity contribution < 1.29 is 9.21 Å². The van der Waals surface area contributed by atoms with Crippen LogP contribution in [0.15, 0.2) is 58.8 Å². The number of imidazole rings is 1. The van der Waals surface area contributed by atoms with Crippen LogP contribution in [0.25, 0.3) is 11.6 Å². The standard InChI is InChI=1S/C19H17N7O2S/c27-15(10-29-19-23-18(24-25-19)14-4-2-8-28-14)26-7-5-13-16(22-11-21-13)17(26)12-3-1-6-20-9-12/h1-4,6,8-9,11,17H,5,7,10H2,(H,21,22)(H,23,24,25). The second-order valence-electron chi connectivity index (χ2n) is 6.52. The second-order valence-corrected chi connectivity index (χ2v) is 7.47. The Kier molecular flexibility index (Phi) is 4.60. The number of hydrogen-bond donors (Lipinski definition) is 2. The molecule has 9 nitrogen and oxygen atoms in total. The lowest BCUT2D eigenvalue weighted by Crippen LogP contribution is -2.41. The van der Waals surface area contributed by atoms with Gasteiger partial charge in [0.15, 0.2) is 11.6 Å². The van der Waals surface area contributed by atoms with Crippen LogP contribution in [0.2, 0.25) is 0 Å². The van der Waals surface area contributed by atoms with Crippen LogP contribution in [0.4, 0.5) is 0 Å². The lowest BCUT2D eigenvalue weighted by Gasteiger charge is -2.35. The van der Waals surface area contributed by atoms with Gasteiger partial charge >= 0.3 is 0 Å². The number of aromatic amines is 2. The molecule has 0 saturated heterocycles. The Labute approximate surface area is 170 Å². The lowest BCUT2D eigenvalue weighted by atomic mass is 9.97. The van der Waals surface area contributed by atoms with Crippen LogP contribution in [-0.4, -0.2) is 53.2 Å². The first-order valence-corrected chi connectivity index (χ1v) is 10.1. The summed E-state index contributed by atoms with van der Waals surface area (Å²) in [6.07, 6.45) is 7.51. The number of aromatic nitrogens is 6. The molecule has 5 rings (SSSR count). The summed E-state index contributed by atoms with van der Waals surface area (Å²) in [6.45, 7) is 0.611. The molecular weight excluding hydrogens is 390 g/mol. The minimum atomic E-state index is -0.252. The van der Waals surface area contributed by atoms with Crippen LogP contribution < -0.4 is 0 Å². The second kappa shape index (κ2) is 7.55. The van der Waals surface area contributed by atoms with E-state index >= 15 is 0 Å². The highest BCUT2D eigenvalue weighted by Crippen LogP contribution is 2.33. The Balaban J connectivity index is 1.33. The summed E-state index contributed by atoms with van der Waals surface area (Å²) in [5.41, 5.74) is 2.88. The number of H-pyrrole nitrogens is 2. The molecule has 10 heteroatoms. The predicted molar refractivity (Wildman–Crippen MR) is 105 cm³/mol. The number of thioether (sulfide) groups is 1. The van der Waals surface area contributed by atoms with Gasteiger partial charge in [-0.25, -0.2) is 4.98 Å². The molecule has 1 unspecified atom stereocenters. The van der Waals surface area contributed by atoms with Crippen molar-refractivity contribution in [2.75, 3.05) is 12.3 Å². The fourth-order valence-corrected chi connectivity index (χ4v) is 4.15. The highest BCUT2D eigenvalue weighted by molar-refractivity contribution is 7.99.